The first kappa shape index (κ1) is 109. The van der Waals surface area contributed by atoms with E-state index in [0.717, 1.165) is 45.4 Å². The van der Waals surface area contributed by atoms with Crippen LogP contribution in [-0.2, 0) is 36.2 Å². The average molecular weight is 2100 g/mol. The van der Waals surface area contributed by atoms with Gasteiger partial charge in [-0.25, -0.2) is 73.2 Å². The molecule has 0 spiro atoms. The molecule has 17 rings (SSSR count). The van der Waals surface area contributed by atoms with Gasteiger partial charge in [0.25, 0.3) is 11.9 Å². The smallest absolute Gasteiger partial charge is 0.490 e. The standard InChI is InChI=1S/C28H27N7O4.C23H19N7O2.C11H10BNO3.C11H8BrNO.C8H13NO2.C6H6O.C5H3Br2N.2C2H4O2.CH4.Cu/c1-28(2,3)39-27(37)33(4)18-9-8-10-19(15-18)35-25-23(24(29)31-17-32-25)34(26(35)36)20-13-14-22(30-16-20)38-21-11-6-5-7-12-21;1-25-15-6-5-7-16(12-15)30-22-20(21(24)27-14-28-22)29(23(30)31)17-10-11-19(26-13-17)32-18-8-3-2-4-9-18;14-12(15)9-6-7-11(13-8-9)16-10-4-2-1-3-5-10;12-9-6-7-11(13-8-9)14-10-4-2-1-3-5-10;1-9(7-4-5-7)6-2-3-8(10)11;7-6-4-2-1-3-5-6;6-4-1-2-5(7)8-3-4;2*1-2(3)4;;/h5-17H,1-4H3,(H2,29,31,32);2-14,25H,1H3,(H2,24,27,28);1-8,14-15H;1-8H;2-3,7H,4-6H2,1H3,(H,10,11);1-5,7H;1-3H;2*1H3,(H,3,4);1H4;/b;;;;3-2+;;;;;;. The van der Waals surface area contributed by atoms with E-state index in [2.05, 4.69) is 103 Å². The van der Waals surface area contributed by atoms with Crippen molar-refractivity contribution in [1.82, 2.24) is 68.0 Å². The van der Waals surface area contributed by atoms with Crippen molar-refractivity contribution in [3.05, 3.63) is 351 Å². The molecule has 1 amide bonds. The number of aromatic hydroxyl groups is 1. The molecule has 0 unspecified atom stereocenters. The van der Waals surface area contributed by atoms with E-state index in [1.54, 1.807) is 137 Å². The number of nitrogens with two attached hydrogens (primary N) is 2. The molecule has 1 saturated carbocycles. The number of halogens is 3. The fourth-order valence-electron chi connectivity index (χ4n) is 11.5. The van der Waals surface area contributed by atoms with Gasteiger partial charge in [-0.15, -0.1) is 0 Å². The summed E-state index contributed by atoms with van der Waals surface area (Å²) in [5.74, 6) is 2.68. The minimum absolute atomic E-state index is 0. The molecule has 713 valence electrons. The van der Waals surface area contributed by atoms with Gasteiger partial charge in [-0.05, 0) is 216 Å². The molecule has 1 aliphatic carbocycles. The number of carbonyl (C=O) groups is 4. The van der Waals surface area contributed by atoms with E-state index in [1.165, 1.54) is 67.1 Å². The number of carbonyl (C=O) groups excluding carboxylic acids is 1. The number of anilines is 4. The number of aliphatic carboxylic acids is 3. The van der Waals surface area contributed by atoms with Crippen LogP contribution in [0.2, 0.25) is 0 Å². The number of ether oxygens (including phenoxy) is 5. The second-order valence-electron chi connectivity index (χ2n) is 29.2. The summed E-state index contributed by atoms with van der Waals surface area (Å²) in [5.41, 5.74) is 16.2. The maximum atomic E-state index is 13.9. The summed E-state index contributed by atoms with van der Waals surface area (Å²) in [4.78, 5) is 109. The SMILES string of the molecule is Brc1ccc(Br)nc1.Brc1ccc(Oc2ccccc2)nc1.C.CC(=O)O.CC(=O)O.CN(C(=O)OC(C)(C)C)c1cccc(-n2c(=O)n(-c3ccc(Oc4ccccc4)nc3)c3c(N)ncnc32)c1.CN(C/C=C/C(=O)O)C1CC1.CNc1cccc(-n2c(=O)n(-c3ccc(Oc4ccccc4)nc3)c3c(N)ncnc32)c1.OB(O)c1ccc(Oc2ccccc2)nc1.Oc1ccccc1.[Cu]. The minimum atomic E-state index is -1.50. The third-order valence-corrected chi connectivity index (χ3v) is 19.1. The molecule has 35 nitrogen and oxygen atoms in total. The van der Waals surface area contributed by atoms with Crippen LogP contribution in [0, 0.1) is 0 Å². The van der Waals surface area contributed by atoms with Crippen LogP contribution >= 0.6 is 47.8 Å². The number of para-hydroxylation sites is 5. The largest absolute Gasteiger partial charge is 0.508 e. The second kappa shape index (κ2) is 54.8. The Hall–Kier alpha value is -15.3. The molecule has 7 aromatic carbocycles. The third kappa shape index (κ3) is 35.6. The number of carboxylic acid groups (broad SMARTS) is 3. The molecule has 0 bridgehead atoms. The normalized spacial score (nSPS) is 10.7. The van der Waals surface area contributed by atoms with E-state index in [9.17, 15) is 19.2 Å². The van der Waals surface area contributed by atoms with Gasteiger partial charge in [-0.3, -0.25) is 28.5 Å². The number of aromatic nitrogens is 13. The van der Waals surface area contributed by atoms with Crippen molar-refractivity contribution in [3.63, 3.8) is 0 Å². The number of carboxylic acids is 3. The number of rotatable bonds is 19. The van der Waals surface area contributed by atoms with Gasteiger partial charge in [0.15, 0.2) is 22.9 Å². The molecule has 1 aliphatic rings. The Morgan fingerprint density at radius 3 is 1.21 bits per heavy atom. The summed E-state index contributed by atoms with van der Waals surface area (Å²) >= 11 is 9.79. The zero-order valence-corrected chi connectivity index (χ0v) is 80.0. The van der Waals surface area contributed by atoms with Crippen LogP contribution in [0.5, 0.6) is 52.3 Å². The molecule has 0 aliphatic heterocycles. The van der Waals surface area contributed by atoms with Crippen LogP contribution in [0.25, 0.3) is 45.1 Å². The monoisotopic (exact) mass is 2100 g/mol. The summed E-state index contributed by atoms with van der Waals surface area (Å²) < 4.78 is 36.5. The van der Waals surface area contributed by atoms with Crippen LogP contribution < -0.4 is 57.5 Å². The number of hydrogen-bond donors (Lipinski definition) is 9. The van der Waals surface area contributed by atoms with Crippen molar-refractivity contribution in [2.75, 3.05) is 49.4 Å². The summed E-state index contributed by atoms with van der Waals surface area (Å²) in [5, 5.41) is 52.6. The fraction of sp³-hybridized carbons (Fsp3) is 0.144. The van der Waals surface area contributed by atoms with Gasteiger partial charge in [-0.2, -0.15) is 0 Å². The van der Waals surface area contributed by atoms with Gasteiger partial charge < -0.3 is 70.9 Å². The maximum Gasteiger partial charge on any atom is 0.490 e. The number of phenolic OH excluding ortho intramolecular Hbond substituents is 1. The van der Waals surface area contributed by atoms with Gasteiger partial charge >= 0.3 is 30.6 Å². The molecular formula is C97H98BBr3CuN18O17. The Kier molecular flexibility index (Phi) is 43.5. The summed E-state index contributed by atoms with van der Waals surface area (Å²) in [7, 11) is 3.93. The minimum Gasteiger partial charge on any atom is -0.508 e. The van der Waals surface area contributed by atoms with E-state index in [0.29, 0.717) is 109 Å². The quantitative estimate of drug-likeness (QED) is 0.0206. The summed E-state index contributed by atoms with van der Waals surface area (Å²) in [6.45, 7) is 8.30. The Labute approximate surface area is 824 Å². The van der Waals surface area contributed by atoms with Gasteiger partial charge in [0.05, 0.1) is 35.1 Å². The number of hydrogen-bond acceptors (Lipinski definition) is 27. The van der Waals surface area contributed by atoms with Crippen molar-refractivity contribution in [1.29, 1.82) is 0 Å². The molecule has 1 radical (unpaired) electrons. The summed E-state index contributed by atoms with van der Waals surface area (Å²) in [6.07, 6.45) is 15.4. The van der Waals surface area contributed by atoms with Crippen molar-refractivity contribution >= 4 is 130 Å². The number of fused-ring (bicyclic) bond motifs is 2. The van der Waals surface area contributed by atoms with E-state index >= 15 is 0 Å². The van der Waals surface area contributed by atoms with E-state index in [-0.39, 0.29) is 41.8 Å². The molecule has 16 aromatic rings. The number of nitrogens with one attached hydrogen (secondary N) is 1. The van der Waals surface area contributed by atoms with E-state index in [4.69, 9.17) is 75.2 Å². The number of imidazole rings is 2. The van der Waals surface area contributed by atoms with Crippen LogP contribution in [0.1, 0.15) is 54.9 Å². The van der Waals surface area contributed by atoms with Crippen molar-refractivity contribution in [2.24, 2.45) is 0 Å². The number of nitrogens with zero attached hydrogens (tertiary/aromatic N) is 15. The zero-order chi connectivity index (χ0) is 97.5. The first-order valence-electron chi connectivity index (χ1n) is 40.8. The van der Waals surface area contributed by atoms with Gasteiger partial charge in [0.2, 0.25) is 23.5 Å². The van der Waals surface area contributed by atoms with Crippen molar-refractivity contribution in [2.45, 2.75) is 66.5 Å². The third-order valence-electron chi connectivity index (χ3n) is 17.7. The Morgan fingerprint density at radius 2 is 0.876 bits per heavy atom. The molecule has 1 fully saturated rings. The molecule has 137 heavy (non-hydrogen) atoms. The predicted octanol–water partition coefficient (Wildman–Crippen LogP) is 17.8. The zero-order valence-electron chi connectivity index (χ0n) is 74.3. The van der Waals surface area contributed by atoms with Crippen LogP contribution in [0.15, 0.2) is 340 Å². The molecule has 40 heteroatoms. The van der Waals surface area contributed by atoms with Crippen LogP contribution in [0.3, 0.4) is 0 Å². The number of phenols is 1. The van der Waals surface area contributed by atoms with E-state index < -0.39 is 42.4 Å². The molecule has 9 heterocycles. The maximum absolute atomic E-state index is 13.9. The molecular weight excluding hydrogens is 2000 g/mol. The second-order valence-corrected chi connectivity index (χ2v) is 31.8. The van der Waals surface area contributed by atoms with E-state index in [1.807, 2.05) is 190 Å². The van der Waals surface area contributed by atoms with Crippen molar-refractivity contribution in [3.8, 4) is 75.0 Å². The van der Waals surface area contributed by atoms with Gasteiger partial charge in [0.1, 0.15) is 62.6 Å². The Balaban J connectivity index is 0.000000231. The molecule has 11 N–H and O–H groups in total. The van der Waals surface area contributed by atoms with Gasteiger partial charge in [-0.1, -0.05) is 123 Å². The molecule has 0 atom stereocenters. The summed E-state index contributed by atoms with van der Waals surface area (Å²) in [6, 6.07) is 78.7. The number of likely N-dealkylation sites (N-methyl/N-ethyl adjacent to an activating group) is 1. The topological polar surface area (TPSA) is 476 Å². The molecule has 0 saturated heterocycles. The number of benzene rings is 7. The Morgan fingerprint density at radius 1 is 0.489 bits per heavy atom. The number of amides is 1. The first-order chi connectivity index (χ1) is 64.7. The van der Waals surface area contributed by atoms with Crippen LogP contribution in [0.4, 0.5) is 27.8 Å². The Bertz CT molecular complexity index is 6590. The predicted molar refractivity (Wildman–Crippen MR) is 533 cm³/mol. The van der Waals surface area contributed by atoms with Gasteiger partial charge in [0, 0.05) is 132 Å². The average Bonchev–Trinajstić information content (AvgIpc) is 1.59. The number of pyridine rings is 5. The fourth-order valence-corrected chi connectivity index (χ4v) is 12.2. The molecule has 9 aromatic heterocycles. The first-order valence-corrected chi connectivity index (χ1v) is 43.2. The van der Waals surface area contributed by atoms with Crippen molar-refractivity contribution < 1.29 is 90.4 Å². The van der Waals surface area contributed by atoms with Crippen LogP contribution in [-0.4, -0.2) is 169 Å². The number of nitrogen functional groups attached to an aromatic ring is 2.